The van der Waals surface area contributed by atoms with Crippen LogP contribution in [0.5, 0.6) is 11.5 Å². The lowest BCUT2D eigenvalue weighted by Gasteiger charge is -2.30. The summed E-state index contributed by atoms with van der Waals surface area (Å²) >= 11 is 2.20. The number of alkyl carbamates (subject to hydrolysis) is 1. The molecule has 180 valence electrons. The Kier molecular flexibility index (Phi) is 9.39. The minimum Gasteiger partial charge on any atom is -0.497 e. The molecule has 0 saturated carbocycles. The maximum absolute atomic E-state index is 12.7. The fourth-order valence-corrected chi connectivity index (χ4v) is 3.78. The summed E-state index contributed by atoms with van der Waals surface area (Å²) in [6.45, 7) is 9.28. The molecular weight excluding hydrogens is 537 g/mol. The van der Waals surface area contributed by atoms with Crippen LogP contribution in [0.15, 0.2) is 42.5 Å². The summed E-state index contributed by atoms with van der Waals surface area (Å²) in [5.74, 6) is 1.00. The molecule has 0 aliphatic rings. The molecule has 1 N–H and O–H groups in total. The Morgan fingerprint density at radius 1 is 1.00 bits per heavy atom. The number of rotatable bonds is 9. The van der Waals surface area contributed by atoms with E-state index in [2.05, 4.69) is 27.9 Å². The van der Waals surface area contributed by atoms with Crippen molar-refractivity contribution in [1.29, 1.82) is 0 Å². The fraction of sp³-hybridized carbons (Fsp3) is 0.440. The molecule has 1 atom stereocenters. The van der Waals surface area contributed by atoms with Crippen molar-refractivity contribution >= 4 is 34.7 Å². The van der Waals surface area contributed by atoms with Crippen molar-refractivity contribution in [3.05, 3.63) is 57.2 Å². The van der Waals surface area contributed by atoms with Gasteiger partial charge >= 0.3 is 12.1 Å². The van der Waals surface area contributed by atoms with Gasteiger partial charge in [0.25, 0.3) is 0 Å². The second-order valence-electron chi connectivity index (χ2n) is 8.76. The van der Waals surface area contributed by atoms with Crippen molar-refractivity contribution in [3.63, 3.8) is 0 Å². The molecule has 0 aromatic heterocycles. The first-order valence-electron chi connectivity index (χ1n) is 10.7. The highest BCUT2D eigenvalue weighted by atomic mass is 127. The van der Waals surface area contributed by atoms with Crippen molar-refractivity contribution in [2.45, 2.75) is 58.8 Å². The van der Waals surface area contributed by atoms with E-state index in [0.29, 0.717) is 6.61 Å². The molecule has 2 aromatic rings. The molecule has 33 heavy (non-hydrogen) atoms. The van der Waals surface area contributed by atoms with Crippen LogP contribution in [0.1, 0.15) is 45.7 Å². The monoisotopic (exact) mass is 569 g/mol. The minimum atomic E-state index is -1.28. The molecule has 0 spiro atoms. The van der Waals surface area contributed by atoms with E-state index in [1.54, 1.807) is 41.7 Å². The normalized spacial score (nSPS) is 12.9. The van der Waals surface area contributed by atoms with E-state index < -0.39 is 23.2 Å². The SMILES string of the molecule is CCOC(=O)C(C)(Cc1ccc(OCc2ccc(OC)cc2)c(I)c1)NC(=O)OC(C)(C)C. The number of carbonyl (C=O) groups excluding carboxylic acids is 2. The summed E-state index contributed by atoms with van der Waals surface area (Å²) in [4.78, 5) is 25.1. The highest BCUT2D eigenvalue weighted by Crippen LogP contribution is 2.26. The van der Waals surface area contributed by atoms with Crippen molar-refractivity contribution in [2.75, 3.05) is 13.7 Å². The van der Waals surface area contributed by atoms with Crippen LogP contribution in [0, 0.1) is 3.57 Å². The van der Waals surface area contributed by atoms with E-state index in [1.165, 1.54) is 0 Å². The second kappa shape index (κ2) is 11.6. The molecule has 0 bridgehead atoms. The molecule has 8 heteroatoms. The predicted molar refractivity (Wildman–Crippen MR) is 135 cm³/mol. The Balaban J connectivity index is 2.13. The number of benzene rings is 2. The van der Waals surface area contributed by atoms with Gasteiger partial charge < -0.3 is 24.3 Å². The van der Waals surface area contributed by atoms with E-state index in [-0.39, 0.29) is 13.0 Å². The van der Waals surface area contributed by atoms with Crippen LogP contribution in [0.2, 0.25) is 0 Å². The highest BCUT2D eigenvalue weighted by Gasteiger charge is 2.38. The molecule has 0 fully saturated rings. The van der Waals surface area contributed by atoms with E-state index in [4.69, 9.17) is 18.9 Å². The molecule has 2 aromatic carbocycles. The predicted octanol–water partition coefficient (Wildman–Crippen LogP) is 5.27. The second-order valence-corrected chi connectivity index (χ2v) is 9.92. The zero-order chi connectivity index (χ0) is 24.6. The lowest BCUT2D eigenvalue weighted by Crippen LogP contribution is -2.55. The van der Waals surface area contributed by atoms with Gasteiger partial charge in [-0.25, -0.2) is 9.59 Å². The third-order valence-corrected chi connectivity index (χ3v) is 5.45. The Bertz CT molecular complexity index is 954. The van der Waals surface area contributed by atoms with Gasteiger partial charge in [0.1, 0.15) is 29.2 Å². The largest absolute Gasteiger partial charge is 0.497 e. The van der Waals surface area contributed by atoms with E-state index in [0.717, 1.165) is 26.2 Å². The lowest BCUT2D eigenvalue weighted by molar-refractivity contribution is -0.150. The molecule has 0 aliphatic carbocycles. The van der Waals surface area contributed by atoms with E-state index in [9.17, 15) is 9.59 Å². The molecule has 0 saturated heterocycles. The van der Waals surface area contributed by atoms with Crippen LogP contribution in [0.3, 0.4) is 0 Å². The summed E-state index contributed by atoms with van der Waals surface area (Å²) in [5.41, 5.74) is -0.0972. The number of amides is 1. The average Bonchev–Trinajstić information content (AvgIpc) is 2.72. The maximum atomic E-state index is 12.7. The number of carbonyl (C=O) groups is 2. The number of methoxy groups -OCH3 is 1. The average molecular weight is 569 g/mol. The van der Waals surface area contributed by atoms with Crippen LogP contribution in [0.4, 0.5) is 4.79 Å². The van der Waals surface area contributed by atoms with Gasteiger partial charge in [-0.2, -0.15) is 0 Å². The quantitative estimate of drug-likeness (QED) is 0.328. The molecule has 0 heterocycles. The summed E-state index contributed by atoms with van der Waals surface area (Å²) in [6, 6.07) is 13.3. The van der Waals surface area contributed by atoms with Crippen molar-refractivity contribution in [3.8, 4) is 11.5 Å². The third-order valence-electron chi connectivity index (χ3n) is 4.61. The topological polar surface area (TPSA) is 83.1 Å². The zero-order valence-electron chi connectivity index (χ0n) is 20.0. The van der Waals surface area contributed by atoms with Gasteiger partial charge in [-0.3, -0.25) is 0 Å². The lowest BCUT2D eigenvalue weighted by atomic mass is 9.93. The molecule has 2 rings (SSSR count). The first kappa shape index (κ1) is 26.8. The Morgan fingerprint density at radius 3 is 2.18 bits per heavy atom. The first-order chi connectivity index (χ1) is 15.5. The number of halogens is 1. The number of nitrogens with one attached hydrogen (secondary N) is 1. The Morgan fingerprint density at radius 2 is 1.64 bits per heavy atom. The summed E-state index contributed by atoms with van der Waals surface area (Å²) in [6.07, 6.45) is -0.438. The molecular formula is C25H32INO6. The van der Waals surface area contributed by atoms with Crippen molar-refractivity contribution in [2.24, 2.45) is 0 Å². The van der Waals surface area contributed by atoms with Gasteiger partial charge in [0.15, 0.2) is 0 Å². The number of hydrogen-bond donors (Lipinski definition) is 1. The molecule has 7 nitrogen and oxygen atoms in total. The number of esters is 1. The van der Waals surface area contributed by atoms with Crippen LogP contribution in [-0.2, 0) is 27.3 Å². The van der Waals surface area contributed by atoms with Gasteiger partial charge in [0.2, 0.25) is 0 Å². The van der Waals surface area contributed by atoms with Crippen molar-refractivity contribution < 1.29 is 28.5 Å². The fourth-order valence-electron chi connectivity index (χ4n) is 3.05. The van der Waals surface area contributed by atoms with Gasteiger partial charge in [0.05, 0.1) is 17.3 Å². The highest BCUT2D eigenvalue weighted by molar-refractivity contribution is 14.1. The standard InChI is InChI=1S/C25H32INO6/c1-7-31-22(28)25(5,27-23(29)33-24(2,3)4)15-18-10-13-21(20(26)14-18)32-16-17-8-11-19(30-6)12-9-17/h8-14H,7,15-16H2,1-6H3,(H,27,29). The zero-order valence-corrected chi connectivity index (χ0v) is 22.1. The maximum Gasteiger partial charge on any atom is 0.408 e. The summed E-state index contributed by atoms with van der Waals surface area (Å²) in [7, 11) is 1.63. The number of ether oxygens (including phenoxy) is 4. The van der Waals surface area contributed by atoms with Gasteiger partial charge in [-0.05, 0) is 92.6 Å². The first-order valence-corrected chi connectivity index (χ1v) is 11.8. The Labute approximate surface area is 209 Å². The molecule has 1 unspecified atom stereocenters. The number of hydrogen-bond acceptors (Lipinski definition) is 6. The van der Waals surface area contributed by atoms with Crippen LogP contribution in [0.25, 0.3) is 0 Å². The van der Waals surface area contributed by atoms with Gasteiger partial charge in [-0.1, -0.05) is 18.2 Å². The minimum absolute atomic E-state index is 0.208. The van der Waals surface area contributed by atoms with Crippen LogP contribution < -0.4 is 14.8 Å². The summed E-state index contributed by atoms with van der Waals surface area (Å²) < 4.78 is 22.6. The van der Waals surface area contributed by atoms with Crippen LogP contribution >= 0.6 is 22.6 Å². The van der Waals surface area contributed by atoms with Gasteiger partial charge in [-0.15, -0.1) is 0 Å². The molecule has 0 aliphatic heterocycles. The van der Waals surface area contributed by atoms with Crippen molar-refractivity contribution in [1.82, 2.24) is 5.32 Å². The van der Waals surface area contributed by atoms with Gasteiger partial charge in [0, 0.05) is 6.42 Å². The Hall–Kier alpha value is -2.49. The smallest absolute Gasteiger partial charge is 0.408 e. The van der Waals surface area contributed by atoms with Crippen LogP contribution in [-0.4, -0.2) is 36.9 Å². The molecule has 1 amide bonds. The van der Waals surface area contributed by atoms with E-state index in [1.807, 2.05) is 42.5 Å². The molecule has 0 radical (unpaired) electrons. The third kappa shape index (κ3) is 8.42. The van der Waals surface area contributed by atoms with E-state index >= 15 is 0 Å². The summed E-state index contributed by atoms with van der Waals surface area (Å²) in [5, 5.41) is 2.69.